The molecule has 0 spiro atoms. The Kier molecular flexibility index (Phi) is 8.76. The second-order valence-electron chi connectivity index (χ2n) is 8.45. The van der Waals surface area contributed by atoms with Gasteiger partial charge in [-0.15, -0.1) is 0 Å². The number of Topliss-reactive ketones (excluding diaryl/α,β-unsaturated/α-hetero) is 2. The molecule has 0 radical (unpaired) electrons. The van der Waals surface area contributed by atoms with Crippen molar-refractivity contribution < 1.29 is 29.3 Å². The predicted molar refractivity (Wildman–Crippen MR) is 106 cm³/mol. The van der Waals surface area contributed by atoms with Crippen LogP contribution in [0.25, 0.3) is 0 Å². The van der Waals surface area contributed by atoms with Crippen LogP contribution in [0.5, 0.6) is 0 Å². The van der Waals surface area contributed by atoms with E-state index in [0.29, 0.717) is 6.42 Å². The quantitative estimate of drug-likeness (QED) is 0.524. The number of hydrogen-bond acceptors (Lipinski definition) is 6. The third-order valence-corrected chi connectivity index (χ3v) is 5.58. The smallest absolute Gasteiger partial charge is 0.309 e. The van der Waals surface area contributed by atoms with Crippen LogP contribution < -0.4 is 0 Å². The molecule has 1 unspecified atom stereocenters. The SMILES string of the molecule is CC(=O)C1CC=C(C)C/C=C/[C@H](C)[C@H](O)[C@@H](C)C(=O)C(C)(C)[C@@H](O)CC(=O)O1. The Balaban J connectivity index is 3.21. The molecule has 1 heterocycles. The van der Waals surface area contributed by atoms with Crippen molar-refractivity contribution in [3.8, 4) is 0 Å². The van der Waals surface area contributed by atoms with Crippen molar-refractivity contribution in [3.05, 3.63) is 23.8 Å². The van der Waals surface area contributed by atoms with Crippen molar-refractivity contribution in [2.45, 2.75) is 79.1 Å². The van der Waals surface area contributed by atoms with E-state index in [1.54, 1.807) is 20.8 Å². The summed E-state index contributed by atoms with van der Waals surface area (Å²) in [5, 5.41) is 21.1. The van der Waals surface area contributed by atoms with Crippen molar-refractivity contribution in [2.75, 3.05) is 0 Å². The van der Waals surface area contributed by atoms with Crippen LogP contribution in [-0.4, -0.2) is 46.1 Å². The molecule has 0 amide bonds. The van der Waals surface area contributed by atoms with Crippen LogP contribution in [0.1, 0.15) is 60.8 Å². The van der Waals surface area contributed by atoms with Crippen LogP contribution >= 0.6 is 0 Å². The Labute approximate surface area is 167 Å². The Bertz CT molecular complexity index is 645. The number of cyclic esters (lactones) is 1. The van der Waals surface area contributed by atoms with Gasteiger partial charge in [0.2, 0.25) is 0 Å². The summed E-state index contributed by atoms with van der Waals surface area (Å²) >= 11 is 0. The predicted octanol–water partition coefficient (Wildman–Crippen LogP) is 2.76. The Morgan fingerprint density at radius 3 is 2.39 bits per heavy atom. The maximum absolute atomic E-state index is 12.9. The molecule has 2 N–H and O–H groups in total. The van der Waals surface area contributed by atoms with E-state index < -0.39 is 42.0 Å². The zero-order valence-electron chi connectivity index (χ0n) is 17.8. The zero-order chi connectivity index (χ0) is 21.6. The van der Waals surface area contributed by atoms with Crippen molar-refractivity contribution in [2.24, 2.45) is 17.3 Å². The fourth-order valence-electron chi connectivity index (χ4n) is 3.25. The summed E-state index contributed by atoms with van der Waals surface area (Å²) in [7, 11) is 0. The first-order chi connectivity index (χ1) is 12.9. The third-order valence-electron chi connectivity index (χ3n) is 5.58. The molecule has 0 aromatic rings. The zero-order valence-corrected chi connectivity index (χ0v) is 17.8. The molecule has 0 saturated heterocycles. The average Bonchev–Trinajstić information content (AvgIpc) is 2.61. The van der Waals surface area contributed by atoms with E-state index in [0.717, 1.165) is 5.57 Å². The normalized spacial score (nSPS) is 34.3. The second kappa shape index (κ2) is 10.1. The lowest BCUT2D eigenvalue weighted by atomic mass is 9.73. The highest BCUT2D eigenvalue weighted by Crippen LogP contribution is 2.31. The highest BCUT2D eigenvalue weighted by Gasteiger charge is 2.42. The number of carbonyl (C=O) groups excluding carboxylic acids is 3. The van der Waals surface area contributed by atoms with Gasteiger partial charge in [-0.1, -0.05) is 51.5 Å². The van der Waals surface area contributed by atoms with Gasteiger partial charge < -0.3 is 14.9 Å². The van der Waals surface area contributed by atoms with Gasteiger partial charge in [0, 0.05) is 18.3 Å². The molecule has 0 aromatic heterocycles. The maximum atomic E-state index is 12.9. The highest BCUT2D eigenvalue weighted by molar-refractivity contribution is 5.88. The van der Waals surface area contributed by atoms with Gasteiger partial charge in [0.1, 0.15) is 5.78 Å². The largest absolute Gasteiger partial charge is 0.454 e. The van der Waals surface area contributed by atoms with E-state index in [9.17, 15) is 24.6 Å². The van der Waals surface area contributed by atoms with Gasteiger partial charge in [0.15, 0.2) is 11.9 Å². The molecule has 158 valence electrons. The fourth-order valence-corrected chi connectivity index (χ4v) is 3.25. The number of hydrogen-bond donors (Lipinski definition) is 2. The minimum absolute atomic E-state index is 0.248. The van der Waals surface area contributed by atoms with Crippen molar-refractivity contribution in [1.29, 1.82) is 0 Å². The Morgan fingerprint density at radius 1 is 1.21 bits per heavy atom. The molecule has 0 bridgehead atoms. The fraction of sp³-hybridized carbons (Fsp3) is 0.682. The summed E-state index contributed by atoms with van der Waals surface area (Å²) < 4.78 is 5.25. The van der Waals surface area contributed by atoms with Crippen LogP contribution in [0.15, 0.2) is 23.8 Å². The summed E-state index contributed by atoms with van der Waals surface area (Å²) in [4.78, 5) is 37.0. The molecular weight excluding hydrogens is 360 g/mol. The van der Waals surface area contributed by atoms with Crippen molar-refractivity contribution in [3.63, 3.8) is 0 Å². The van der Waals surface area contributed by atoms with Gasteiger partial charge in [-0.05, 0) is 20.3 Å². The molecule has 1 aliphatic heterocycles. The monoisotopic (exact) mass is 394 g/mol. The molecule has 5 atom stereocenters. The molecule has 1 rings (SSSR count). The number of aliphatic hydroxyl groups excluding tert-OH is 2. The van der Waals surface area contributed by atoms with Gasteiger partial charge in [-0.25, -0.2) is 0 Å². The van der Waals surface area contributed by atoms with Crippen molar-refractivity contribution >= 4 is 17.5 Å². The number of ketones is 2. The van der Waals surface area contributed by atoms with E-state index in [2.05, 4.69) is 0 Å². The van der Waals surface area contributed by atoms with E-state index in [1.807, 2.05) is 32.1 Å². The number of carbonyl (C=O) groups is 3. The molecule has 0 saturated carbocycles. The average molecular weight is 395 g/mol. The van der Waals surface area contributed by atoms with Crippen LogP contribution in [-0.2, 0) is 19.1 Å². The van der Waals surface area contributed by atoms with Crippen LogP contribution in [0, 0.1) is 17.3 Å². The molecule has 6 nitrogen and oxygen atoms in total. The number of allylic oxidation sites excluding steroid dienone is 2. The minimum Gasteiger partial charge on any atom is -0.454 e. The van der Waals surface area contributed by atoms with Gasteiger partial charge in [0.05, 0.1) is 24.0 Å². The molecule has 0 aromatic carbocycles. The van der Waals surface area contributed by atoms with E-state index >= 15 is 0 Å². The standard InChI is InChI=1S/C22H34O6/c1-13-8-7-9-14(2)20(26)15(3)21(27)22(5,6)18(24)12-19(25)28-17(11-10-13)16(4)23/h7,9-10,14-15,17-18,20,24,26H,8,11-12H2,1-6H3/b9-7+,13-10?/t14-,15+,17?,18-,20-/m0/s1. The van der Waals surface area contributed by atoms with E-state index in [-0.39, 0.29) is 23.9 Å². The lowest BCUT2D eigenvalue weighted by Crippen LogP contribution is -2.45. The van der Waals surface area contributed by atoms with Crippen molar-refractivity contribution in [1.82, 2.24) is 0 Å². The molecule has 1 aliphatic rings. The summed E-state index contributed by atoms with van der Waals surface area (Å²) in [6.45, 7) is 9.83. The lowest BCUT2D eigenvalue weighted by Gasteiger charge is -2.34. The van der Waals surface area contributed by atoms with Crippen LogP contribution in [0.3, 0.4) is 0 Å². The first-order valence-corrected chi connectivity index (χ1v) is 9.80. The minimum atomic E-state index is -1.29. The Hall–Kier alpha value is -1.79. The first kappa shape index (κ1) is 24.2. The molecular formula is C22H34O6. The summed E-state index contributed by atoms with van der Waals surface area (Å²) in [5.41, 5.74) is -0.250. The number of aliphatic hydroxyl groups is 2. The topological polar surface area (TPSA) is 101 Å². The summed E-state index contributed by atoms with van der Waals surface area (Å²) in [6, 6.07) is 0. The number of rotatable bonds is 1. The van der Waals surface area contributed by atoms with Crippen LogP contribution in [0.4, 0.5) is 0 Å². The maximum Gasteiger partial charge on any atom is 0.309 e. The second-order valence-corrected chi connectivity index (χ2v) is 8.45. The summed E-state index contributed by atoms with van der Waals surface area (Å²) in [6.07, 6.45) is 3.02. The van der Waals surface area contributed by atoms with E-state index in [1.165, 1.54) is 6.92 Å². The number of esters is 1. The van der Waals surface area contributed by atoms with Crippen LogP contribution in [0.2, 0.25) is 0 Å². The number of ether oxygens (including phenoxy) is 1. The Morgan fingerprint density at radius 2 is 1.82 bits per heavy atom. The molecule has 0 aliphatic carbocycles. The lowest BCUT2D eigenvalue weighted by molar-refractivity contribution is -0.159. The highest BCUT2D eigenvalue weighted by atomic mass is 16.5. The summed E-state index contributed by atoms with van der Waals surface area (Å²) in [5.74, 6) is -2.29. The van der Waals surface area contributed by atoms with Gasteiger partial charge >= 0.3 is 5.97 Å². The molecule has 0 fully saturated rings. The van der Waals surface area contributed by atoms with Gasteiger partial charge in [-0.3, -0.25) is 14.4 Å². The third kappa shape index (κ3) is 6.38. The van der Waals surface area contributed by atoms with Gasteiger partial charge in [-0.2, -0.15) is 0 Å². The molecule has 28 heavy (non-hydrogen) atoms. The first-order valence-electron chi connectivity index (χ1n) is 9.80. The van der Waals surface area contributed by atoms with Gasteiger partial charge in [0.25, 0.3) is 0 Å². The van der Waals surface area contributed by atoms with E-state index in [4.69, 9.17) is 4.74 Å². The molecule has 6 heteroatoms.